The Hall–Kier alpha value is -3.58. The van der Waals surface area contributed by atoms with E-state index in [0.717, 1.165) is 0 Å². The number of hydrogen-bond acceptors (Lipinski definition) is 7. The van der Waals surface area contributed by atoms with Gasteiger partial charge in [-0.1, -0.05) is 0 Å². The maximum Gasteiger partial charge on any atom is 0.150 e. The number of nitrogens with zero attached hydrogens (tertiary/aromatic N) is 6. The molecule has 3 aromatic heterocycles. The molecule has 4 aromatic rings. The summed E-state index contributed by atoms with van der Waals surface area (Å²) < 4.78 is 16.4. The maximum absolute atomic E-state index is 14.3. The molecule has 8 nitrogen and oxygen atoms in total. The van der Waals surface area contributed by atoms with Crippen molar-refractivity contribution in [2.75, 3.05) is 11.1 Å². The van der Waals surface area contributed by atoms with Gasteiger partial charge in [-0.05, 0) is 47.1 Å². The molecule has 10 heteroatoms. The molecule has 0 bridgehead atoms. The molecule has 144 valence electrons. The van der Waals surface area contributed by atoms with Crippen molar-refractivity contribution in [1.82, 2.24) is 24.5 Å². The number of pyridine rings is 1. The van der Waals surface area contributed by atoms with Crippen LogP contribution in [0, 0.1) is 17.1 Å². The van der Waals surface area contributed by atoms with Crippen molar-refractivity contribution in [2.24, 2.45) is 0 Å². The first kappa shape index (κ1) is 18.8. The second kappa shape index (κ2) is 7.44. The number of nitrogens with two attached hydrogens (primary N) is 1. The summed E-state index contributed by atoms with van der Waals surface area (Å²) in [6.07, 6.45) is 4.60. The number of halogens is 2. The van der Waals surface area contributed by atoms with Gasteiger partial charge in [-0.15, -0.1) is 0 Å². The van der Waals surface area contributed by atoms with Gasteiger partial charge < -0.3 is 11.1 Å². The van der Waals surface area contributed by atoms with Gasteiger partial charge in [-0.25, -0.2) is 19.3 Å². The molecule has 29 heavy (non-hydrogen) atoms. The normalized spacial score (nSPS) is 11.9. The molecule has 0 aliphatic heterocycles. The van der Waals surface area contributed by atoms with E-state index in [2.05, 4.69) is 41.2 Å². The van der Waals surface area contributed by atoms with Gasteiger partial charge in [0.15, 0.2) is 0 Å². The molecule has 1 aromatic carbocycles. The lowest BCUT2D eigenvalue weighted by Crippen LogP contribution is -2.15. The molecule has 4 rings (SSSR count). The molecule has 3 heterocycles. The van der Waals surface area contributed by atoms with E-state index in [1.54, 1.807) is 24.5 Å². The van der Waals surface area contributed by atoms with Crippen LogP contribution in [0.1, 0.15) is 24.4 Å². The van der Waals surface area contributed by atoms with Gasteiger partial charge in [-0.2, -0.15) is 5.26 Å². The van der Waals surface area contributed by atoms with Gasteiger partial charge in [-0.3, -0.25) is 9.55 Å². The van der Waals surface area contributed by atoms with Crippen molar-refractivity contribution in [2.45, 2.75) is 13.0 Å². The van der Waals surface area contributed by atoms with Crippen molar-refractivity contribution < 1.29 is 4.39 Å². The average Bonchev–Trinajstić information content (AvgIpc) is 3.12. The number of nitriles is 1. The third-order valence-corrected chi connectivity index (χ3v) is 5.12. The molecule has 0 saturated heterocycles. The maximum atomic E-state index is 14.3. The van der Waals surface area contributed by atoms with Crippen LogP contribution in [0.3, 0.4) is 0 Å². The van der Waals surface area contributed by atoms with Crippen LogP contribution < -0.4 is 11.1 Å². The Morgan fingerprint density at radius 2 is 2.14 bits per heavy atom. The van der Waals surface area contributed by atoms with Crippen molar-refractivity contribution in [1.29, 1.82) is 5.26 Å². The summed E-state index contributed by atoms with van der Waals surface area (Å²) in [4.78, 5) is 16.8. The number of fused-ring (bicyclic) bond motifs is 1. The lowest BCUT2D eigenvalue weighted by molar-refractivity contribution is 0.622. The molecule has 0 unspecified atom stereocenters. The molecule has 0 aliphatic rings. The molecule has 0 saturated carbocycles. The van der Waals surface area contributed by atoms with E-state index < -0.39 is 11.9 Å². The Balaban J connectivity index is 1.89. The van der Waals surface area contributed by atoms with E-state index in [1.165, 1.54) is 12.4 Å². The highest BCUT2D eigenvalue weighted by atomic mass is 79.9. The number of benzene rings is 1. The highest BCUT2D eigenvalue weighted by Crippen LogP contribution is 2.33. The molecular formula is C19H14BrFN8. The summed E-state index contributed by atoms with van der Waals surface area (Å²) in [6, 6.07) is 8.21. The summed E-state index contributed by atoms with van der Waals surface area (Å²) in [6.45, 7) is 1.86. The van der Waals surface area contributed by atoms with E-state index in [-0.39, 0.29) is 11.4 Å². The van der Waals surface area contributed by atoms with Crippen LogP contribution in [0.25, 0.3) is 16.7 Å². The highest BCUT2D eigenvalue weighted by Gasteiger charge is 2.22. The molecule has 0 radical (unpaired) electrons. The standard InChI is InChI=1S/C19H14BrFN8/c1-10(27-18-12(7-22)17(23)25-9-26-18)19-28-14-5-4-13(21)15(20)16(14)29(19)11-3-2-6-24-8-11/h2-6,8-10H,1H3,(H3,23,25,26,27)/t10-/m0/s1. The molecular weight excluding hydrogens is 439 g/mol. The molecule has 1 atom stereocenters. The summed E-state index contributed by atoms with van der Waals surface area (Å²) >= 11 is 3.33. The summed E-state index contributed by atoms with van der Waals surface area (Å²) in [5, 5.41) is 12.5. The fraction of sp³-hybridized carbons (Fsp3) is 0.105. The number of hydrogen-bond donors (Lipinski definition) is 2. The lowest BCUT2D eigenvalue weighted by Gasteiger charge is -2.17. The van der Waals surface area contributed by atoms with Crippen molar-refractivity contribution in [3.8, 4) is 11.8 Å². The Morgan fingerprint density at radius 3 is 2.86 bits per heavy atom. The van der Waals surface area contributed by atoms with Crippen LogP contribution >= 0.6 is 15.9 Å². The second-order valence-corrected chi connectivity index (χ2v) is 7.00. The van der Waals surface area contributed by atoms with Crippen molar-refractivity contribution >= 4 is 38.6 Å². The van der Waals surface area contributed by atoms with Crippen LogP contribution in [-0.2, 0) is 0 Å². The van der Waals surface area contributed by atoms with Gasteiger partial charge in [0, 0.05) is 6.20 Å². The number of nitrogens with one attached hydrogen (secondary N) is 1. The fourth-order valence-corrected chi connectivity index (χ4v) is 3.56. The smallest absolute Gasteiger partial charge is 0.150 e. The molecule has 0 fully saturated rings. The number of nitrogen functional groups attached to an aromatic ring is 1. The number of imidazole rings is 1. The van der Waals surface area contributed by atoms with Gasteiger partial charge in [0.05, 0.1) is 33.4 Å². The van der Waals surface area contributed by atoms with Crippen LogP contribution in [0.2, 0.25) is 0 Å². The van der Waals surface area contributed by atoms with Crippen LogP contribution in [-0.4, -0.2) is 24.5 Å². The monoisotopic (exact) mass is 452 g/mol. The van der Waals surface area contributed by atoms with Crippen LogP contribution in [0.15, 0.2) is 47.5 Å². The zero-order valence-corrected chi connectivity index (χ0v) is 16.7. The fourth-order valence-electron chi connectivity index (χ4n) is 3.05. The van der Waals surface area contributed by atoms with E-state index in [9.17, 15) is 9.65 Å². The van der Waals surface area contributed by atoms with Gasteiger partial charge in [0.2, 0.25) is 0 Å². The summed E-state index contributed by atoms with van der Waals surface area (Å²) in [5.41, 5.74) is 7.82. The first-order valence-corrected chi connectivity index (χ1v) is 9.34. The SMILES string of the molecule is C[C@H](Nc1ncnc(N)c1C#N)c1nc2ccc(F)c(Br)c2n1-c1cccnc1. The van der Waals surface area contributed by atoms with E-state index >= 15 is 0 Å². The third kappa shape index (κ3) is 3.25. The number of anilines is 2. The van der Waals surface area contributed by atoms with Crippen molar-refractivity contribution in [3.05, 3.63) is 64.7 Å². The predicted molar refractivity (Wildman–Crippen MR) is 110 cm³/mol. The Morgan fingerprint density at radius 1 is 1.31 bits per heavy atom. The second-order valence-electron chi connectivity index (χ2n) is 6.21. The first-order chi connectivity index (χ1) is 14.0. The molecule has 0 amide bonds. The summed E-state index contributed by atoms with van der Waals surface area (Å²) in [7, 11) is 0. The van der Waals surface area contributed by atoms with Gasteiger partial charge >= 0.3 is 0 Å². The van der Waals surface area contributed by atoms with Crippen LogP contribution in [0.4, 0.5) is 16.0 Å². The number of aromatic nitrogens is 5. The average molecular weight is 453 g/mol. The van der Waals surface area contributed by atoms with Gasteiger partial charge in [0.1, 0.15) is 41.2 Å². The zero-order valence-electron chi connectivity index (χ0n) is 15.1. The minimum Gasteiger partial charge on any atom is -0.382 e. The third-order valence-electron chi connectivity index (χ3n) is 4.37. The number of rotatable bonds is 4. The Kier molecular flexibility index (Phi) is 4.82. The van der Waals surface area contributed by atoms with E-state index in [1.807, 2.05) is 23.6 Å². The topological polar surface area (TPSA) is 118 Å². The van der Waals surface area contributed by atoms with Gasteiger partial charge in [0.25, 0.3) is 0 Å². The highest BCUT2D eigenvalue weighted by molar-refractivity contribution is 9.10. The minimum absolute atomic E-state index is 0.0859. The van der Waals surface area contributed by atoms with Crippen LogP contribution in [0.5, 0.6) is 0 Å². The van der Waals surface area contributed by atoms with E-state index in [0.29, 0.717) is 32.8 Å². The lowest BCUT2D eigenvalue weighted by atomic mass is 10.2. The van der Waals surface area contributed by atoms with E-state index in [4.69, 9.17) is 5.73 Å². The zero-order chi connectivity index (χ0) is 20.5. The molecule has 0 spiro atoms. The minimum atomic E-state index is -0.404. The molecule has 3 N–H and O–H groups in total. The van der Waals surface area contributed by atoms with Crippen molar-refractivity contribution in [3.63, 3.8) is 0 Å². The summed E-state index contributed by atoms with van der Waals surface area (Å²) in [5.74, 6) is 0.565. The molecule has 0 aliphatic carbocycles. The first-order valence-electron chi connectivity index (χ1n) is 8.55. The largest absolute Gasteiger partial charge is 0.382 e. The quantitative estimate of drug-likeness (QED) is 0.483. The predicted octanol–water partition coefficient (Wildman–Crippen LogP) is 3.74. The Bertz CT molecular complexity index is 1250. The Labute approximate surface area is 173 Å².